The first-order valence-electron chi connectivity index (χ1n) is 12.5. The van der Waals surface area contributed by atoms with E-state index in [1.54, 1.807) is 12.1 Å². The SMILES string of the molecule is CC(O)C(NC(=O)C(Cc1cnc[nH]1)NC(=O)C(Cc1ccc(O)cc1)NC(=O)C(N)CCCCN)C(=O)O. The van der Waals surface area contributed by atoms with Gasteiger partial charge in [-0.25, -0.2) is 9.78 Å². The number of nitrogens with one attached hydrogen (secondary N) is 4. The van der Waals surface area contributed by atoms with Gasteiger partial charge in [-0.2, -0.15) is 0 Å². The number of amides is 3. The largest absolute Gasteiger partial charge is 0.508 e. The van der Waals surface area contributed by atoms with Crippen LogP contribution in [0.15, 0.2) is 36.8 Å². The van der Waals surface area contributed by atoms with Crippen molar-refractivity contribution in [2.24, 2.45) is 11.5 Å². The fourth-order valence-corrected chi connectivity index (χ4v) is 3.74. The Labute approximate surface area is 225 Å². The summed E-state index contributed by atoms with van der Waals surface area (Å²) in [6.45, 7) is 1.67. The Morgan fingerprint density at radius 1 is 0.974 bits per heavy atom. The van der Waals surface area contributed by atoms with E-state index in [1.165, 1.54) is 31.6 Å². The molecule has 1 heterocycles. The number of benzene rings is 1. The summed E-state index contributed by atoms with van der Waals surface area (Å²) in [5.41, 5.74) is 12.6. The number of H-pyrrole nitrogens is 1. The van der Waals surface area contributed by atoms with Gasteiger partial charge in [0.2, 0.25) is 17.7 Å². The lowest BCUT2D eigenvalue weighted by atomic mass is 10.0. The summed E-state index contributed by atoms with van der Waals surface area (Å²) >= 11 is 0. The normalized spacial score (nSPS) is 14.9. The summed E-state index contributed by atoms with van der Waals surface area (Å²) in [6.07, 6.45) is 3.01. The first-order valence-corrected chi connectivity index (χ1v) is 12.5. The topological polar surface area (TPSA) is 246 Å². The molecule has 2 aromatic rings. The van der Waals surface area contributed by atoms with Crippen molar-refractivity contribution in [2.45, 2.75) is 69.3 Å². The number of aliphatic hydroxyl groups excluding tert-OH is 1. The van der Waals surface area contributed by atoms with Crippen molar-refractivity contribution in [3.05, 3.63) is 48.0 Å². The second-order valence-electron chi connectivity index (χ2n) is 9.23. The number of nitrogens with two attached hydrogens (primary N) is 2. The molecule has 5 unspecified atom stereocenters. The van der Waals surface area contributed by atoms with Crippen LogP contribution in [0.1, 0.15) is 37.4 Å². The van der Waals surface area contributed by atoms with Gasteiger partial charge < -0.3 is 47.7 Å². The molecule has 2 rings (SSSR count). The highest BCUT2D eigenvalue weighted by atomic mass is 16.4. The Morgan fingerprint density at radius 2 is 1.59 bits per heavy atom. The van der Waals surface area contributed by atoms with Gasteiger partial charge in [0.1, 0.15) is 17.8 Å². The maximum atomic E-state index is 13.4. The number of aliphatic carboxylic acids is 1. The van der Waals surface area contributed by atoms with Gasteiger partial charge in [-0.1, -0.05) is 18.6 Å². The summed E-state index contributed by atoms with van der Waals surface area (Å²) < 4.78 is 0. The smallest absolute Gasteiger partial charge is 0.328 e. The van der Waals surface area contributed by atoms with E-state index in [2.05, 4.69) is 25.9 Å². The molecule has 0 saturated carbocycles. The zero-order valence-corrected chi connectivity index (χ0v) is 21.7. The molecule has 1 aromatic carbocycles. The second-order valence-corrected chi connectivity index (χ2v) is 9.23. The molecule has 39 heavy (non-hydrogen) atoms. The molecule has 0 spiro atoms. The van der Waals surface area contributed by atoms with Gasteiger partial charge >= 0.3 is 5.97 Å². The Bertz CT molecular complexity index is 1080. The van der Waals surface area contributed by atoms with Crippen LogP contribution in [0.3, 0.4) is 0 Å². The number of carboxylic acids is 1. The lowest BCUT2D eigenvalue weighted by molar-refractivity contribution is -0.145. The van der Waals surface area contributed by atoms with Crippen molar-refractivity contribution in [3.8, 4) is 5.75 Å². The Hall–Kier alpha value is -4.01. The third-order valence-electron chi connectivity index (χ3n) is 5.97. The van der Waals surface area contributed by atoms with E-state index >= 15 is 0 Å². The van der Waals surface area contributed by atoms with E-state index in [0.29, 0.717) is 37.1 Å². The number of rotatable bonds is 16. The van der Waals surface area contributed by atoms with E-state index in [-0.39, 0.29) is 18.6 Å². The fraction of sp³-hybridized carbons (Fsp3) is 0.480. The van der Waals surface area contributed by atoms with E-state index in [0.717, 1.165) is 0 Å². The van der Waals surface area contributed by atoms with Crippen LogP contribution in [0.4, 0.5) is 0 Å². The molecular formula is C25H37N7O7. The van der Waals surface area contributed by atoms with Crippen molar-refractivity contribution in [1.82, 2.24) is 25.9 Å². The number of hydrogen-bond donors (Lipinski definition) is 9. The predicted octanol–water partition coefficient (Wildman–Crippen LogP) is -1.72. The van der Waals surface area contributed by atoms with Gasteiger partial charge in [-0.3, -0.25) is 14.4 Å². The molecule has 14 nitrogen and oxygen atoms in total. The quantitative estimate of drug-likeness (QED) is 0.108. The number of aromatic hydroxyl groups is 1. The van der Waals surface area contributed by atoms with Crippen LogP contribution in [0.5, 0.6) is 5.75 Å². The summed E-state index contributed by atoms with van der Waals surface area (Å²) in [5, 5.41) is 36.1. The number of carboxylic acid groups (broad SMARTS) is 1. The highest BCUT2D eigenvalue weighted by Gasteiger charge is 2.32. The number of carbonyl (C=O) groups excluding carboxylic acids is 3. The average Bonchev–Trinajstić information content (AvgIpc) is 3.40. The Balaban J connectivity index is 2.26. The molecule has 0 aliphatic rings. The van der Waals surface area contributed by atoms with Gasteiger partial charge in [0.15, 0.2) is 6.04 Å². The van der Waals surface area contributed by atoms with Gasteiger partial charge in [0.05, 0.1) is 18.5 Å². The van der Waals surface area contributed by atoms with Crippen LogP contribution >= 0.6 is 0 Å². The van der Waals surface area contributed by atoms with Crippen molar-refractivity contribution < 1.29 is 34.5 Å². The summed E-state index contributed by atoms with van der Waals surface area (Å²) in [5.74, 6) is -3.59. The predicted molar refractivity (Wildman–Crippen MR) is 140 cm³/mol. The number of unbranched alkanes of at least 4 members (excludes halogenated alkanes) is 1. The number of aromatic nitrogens is 2. The molecule has 0 fully saturated rings. The minimum atomic E-state index is -1.61. The van der Waals surface area contributed by atoms with Crippen LogP contribution < -0.4 is 27.4 Å². The third-order valence-corrected chi connectivity index (χ3v) is 5.97. The zero-order valence-electron chi connectivity index (χ0n) is 21.7. The molecule has 5 atom stereocenters. The average molecular weight is 548 g/mol. The first-order chi connectivity index (χ1) is 18.5. The molecule has 1 aromatic heterocycles. The number of phenolic OH excluding ortho intramolecular Hbond substituents is 1. The highest BCUT2D eigenvalue weighted by Crippen LogP contribution is 2.12. The van der Waals surface area contributed by atoms with Gasteiger partial charge in [-0.15, -0.1) is 0 Å². The van der Waals surface area contributed by atoms with E-state index < -0.39 is 54.0 Å². The first kappa shape index (κ1) is 31.2. The number of nitrogens with zero attached hydrogens (tertiary/aromatic N) is 1. The second kappa shape index (κ2) is 15.4. The van der Waals surface area contributed by atoms with Crippen LogP contribution in [0, 0.1) is 0 Å². The van der Waals surface area contributed by atoms with E-state index in [4.69, 9.17) is 11.5 Å². The third kappa shape index (κ3) is 10.3. The molecule has 3 amide bonds. The maximum absolute atomic E-state index is 13.4. The minimum absolute atomic E-state index is 0.0111. The molecule has 0 aliphatic carbocycles. The van der Waals surface area contributed by atoms with Gasteiger partial charge in [-0.05, 0) is 44.0 Å². The maximum Gasteiger partial charge on any atom is 0.328 e. The van der Waals surface area contributed by atoms with Crippen molar-refractivity contribution in [1.29, 1.82) is 0 Å². The molecule has 214 valence electrons. The monoisotopic (exact) mass is 547 g/mol. The molecule has 0 aliphatic heterocycles. The number of hydrogen-bond acceptors (Lipinski definition) is 9. The molecule has 0 saturated heterocycles. The fourth-order valence-electron chi connectivity index (χ4n) is 3.74. The molecule has 0 radical (unpaired) electrons. The lowest BCUT2D eigenvalue weighted by Gasteiger charge is -2.26. The summed E-state index contributed by atoms with van der Waals surface area (Å²) in [6, 6.07) is 1.08. The van der Waals surface area contributed by atoms with Crippen molar-refractivity contribution >= 4 is 23.7 Å². The standard InChI is InChI=1S/C25H37N7O7/c1-14(33)21(25(38)39)32-24(37)20(11-16-12-28-13-29-16)31-23(36)19(10-15-5-7-17(34)8-6-15)30-22(35)18(27)4-2-3-9-26/h5-8,12-14,18-21,33-34H,2-4,9-11,26-27H2,1H3,(H,28,29)(H,30,35)(H,31,36)(H,32,37)(H,38,39). The van der Waals surface area contributed by atoms with Crippen molar-refractivity contribution in [2.75, 3.05) is 6.54 Å². The number of imidazole rings is 1. The number of aliphatic hydroxyl groups is 1. The van der Waals surface area contributed by atoms with Gasteiger partial charge in [0, 0.05) is 24.7 Å². The molecule has 11 N–H and O–H groups in total. The van der Waals surface area contributed by atoms with Crippen LogP contribution in [0.2, 0.25) is 0 Å². The number of carbonyl (C=O) groups is 4. The number of phenols is 1. The lowest BCUT2D eigenvalue weighted by Crippen LogP contribution is -2.59. The molecule has 14 heteroatoms. The van der Waals surface area contributed by atoms with Gasteiger partial charge in [0.25, 0.3) is 0 Å². The molecule has 0 bridgehead atoms. The molecular weight excluding hydrogens is 510 g/mol. The Morgan fingerprint density at radius 3 is 2.15 bits per heavy atom. The summed E-state index contributed by atoms with van der Waals surface area (Å²) in [4.78, 5) is 57.4. The van der Waals surface area contributed by atoms with Crippen LogP contribution in [-0.4, -0.2) is 85.8 Å². The number of aromatic amines is 1. The van der Waals surface area contributed by atoms with E-state index in [9.17, 15) is 34.5 Å². The van der Waals surface area contributed by atoms with Crippen molar-refractivity contribution in [3.63, 3.8) is 0 Å². The van der Waals surface area contributed by atoms with E-state index in [1.807, 2.05) is 0 Å². The van der Waals surface area contributed by atoms with Crippen LogP contribution in [-0.2, 0) is 32.0 Å². The Kier molecular flexibility index (Phi) is 12.3. The zero-order chi connectivity index (χ0) is 28.9. The highest BCUT2D eigenvalue weighted by molar-refractivity contribution is 5.94. The van der Waals surface area contributed by atoms with Crippen LogP contribution in [0.25, 0.3) is 0 Å². The minimum Gasteiger partial charge on any atom is -0.508 e. The summed E-state index contributed by atoms with van der Waals surface area (Å²) in [7, 11) is 0.